The van der Waals surface area contributed by atoms with Gasteiger partial charge in [-0.1, -0.05) is 24.3 Å². The highest BCUT2D eigenvalue weighted by molar-refractivity contribution is 7.12. The quantitative estimate of drug-likeness (QED) is 0.834. The predicted molar refractivity (Wildman–Crippen MR) is 81.6 cm³/mol. The van der Waals surface area contributed by atoms with Gasteiger partial charge in [-0.3, -0.25) is 9.59 Å². The summed E-state index contributed by atoms with van der Waals surface area (Å²) in [7, 11) is 0. The van der Waals surface area contributed by atoms with Crippen molar-refractivity contribution >= 4 is 23.2 Å². The van der Waals surface area contributed by atoms with Crippen LogP contribution in [-0.4, -0.2) is 24.7 Å². The Hall–Kier alpha value is -2.55. The van der Waals surface area contributed by atoms with E-state index in [0.29, 0.717) is 4.88 Å². The molecule has 0 saturated carbocycles. The van der Waals surface area contributed by atoms with Crippen molar-refractivity contribution in [2.75, 3.05) is 6.54 Å². The topological polar surface area (TPSA) is 67.4 Å². The van der Waals surface area contributed by atoms with Crippen LogP contribution in [0, 0.1) is 0 Å². The molecule has 0 radical (unpaired) electrons. The van der Waals surface area contributed by atoms with Crippen molar-refractivity contribution in [1.29, 1.82) is 0 Å². The number of para-hydroxylation sites is 1. The van der Waals surface area contributed by atoms with Crippen LogP contribution in [0.4, 0.5) is 13.2 Å². The second-order valence-corrected chi connectivity index (χ2v) is 5.54. The van der Waals surface area contributed by atoms with E-state index in [2.05, 4.69) is 15.4 Å². The highest BCUT2D eigenvalue weighted by Gasteiger charge is 2.31. The number of hydrogen-bond acceptors (Lipinski definition) is 4. The van der Waals surface area contributed by atoms with Crippen LogP contribution in [0.15, 0.2) is 41.8 Å². The molecule has 5 nitrogen and oxygen atoms in total. The number of ether oxygens (including phenoxy) is 1. The molecule has 9 heteroatoms. The molecular formula is C15H13F3N2O3S. The molecule has 0 aliphatic heterocycles. The zero-order valence-corrected chi connectivity index (χ0v) is 13.0. The highest BCUT2D eigenvalue weighted by atomic mass is 32.1. The number of alkyl halides is 3. The Labute approximate surface area is 139 Å². The number of carbonyl (C=O) groups is 2. The van der Waals surface area contributed by atoms with Crippen molar-refractivity contribution in [3.05, 3.63) is 52.2 Å². The number of thiophene rings is 1. The Bertz CT molecular complexity index is 702. The molecule has 24 heavy (non-hydrogen) atoms. The van der Waals surface area contributed by atoms with E-state index in [9.17, 15) is 22.8 Å². The summed E-state index contributed by atoms with van der Waals surface area (Å²) in [6.07, 6.45) is -4.81. The molecule has 2 rings (SSSR count). The van der Waals surface area contributed by atoms with Crippen molar-refractivity contribution in [2.45, 2.75) is 12.9 Å². The first kappa shape index (κ1) is 17.8. The maximum atomic E-state index is 12.3. The summed E-state index contributed by atoms with van der Waals surface area (Å²) in [6, 6.07) is 8.82. The van der Waals surface area contributed by atoms with Crippen molar-refractivity contribution < 1.29 is 27.5 Å². The van der Waals surface area contributed by atoms with Crippen LogP contribution in [0.5, 0.6) is 5.75 Å². The van der Waals surface area contributed by atoms with Gasteiger partial charge in [0, 0.05) is 12.1 Å². The third-order valence-corrected chi connectivity index (χ3v) is 3.70. The van der Waals surface area contributed by atoms with E-state index in [1.807, 2.05) is 0 Å². The molecule has 0 aliphatic rings. The standard InChI is InChI=1S/C15H13F3N2O3S/c16-15(17,18)23-11-5-2-1-4-10(11)8-19-13(21)9-20-14(22)12-6-3-7-24-12/h1-7H,8-9H2,(H,19,21)(H,20,22). The molecular weight excluding hydrogens is 345 g/mol. The third-order valence-electron chi connectivity index (χ3n) is 2.83. The number of amides is 2. The lowest BCUT2D eigenvalue weighted by molar-refractivity contribution is -0.274. The highest BCUT2D eigenvalue weighted by Crippen LogP contribution is 2.25. The van der Waals surface area contributed by atoms with E-state index in [-0.39, 0.29) is 30.3 Å². The summed E-state index contributed by atoms with van der Waals surface area (Å²) in [5.41, 5.74) is 0.174. The molecule has 2 aromatic rings. The first-order valence-corrected chi connectivity index (χ1v) is 7.65. The van der Waals surface area contributed by atoms with Gasteiger partial charge in [-0.15, -0.1) is 24.5 Å². The molecule has 0 bridgehead atoms. The predicted octanol–water partition coefficient (Wildman–Crippen LogP) is 2.69. The second-order valence-electron chi connectivity index (χ2n) is 4.59. The van der Waals surface area contributed by atoms with Gasteiger partial charge in [-0.2, -0.15) is 0 Å². The molecule has 0 aliphatic carbocycles. The van der Waals surface area contributed by atoms with Crippen LogP contribution >= 0.6 is 11.3 Å². The maximum absolute atomic E-state index is 12.3. The molecule has 0 saturated heterocycles. The van der Waals surface area contributed by atoms with Crippen LogP contribution in [0.3, 0.4) is 0 Å². The van der Waals surface area contributed by atoms with Crippen molar-refractivity contribution in [1.82, 2.24) is 10.6 Å². The molecule has 0 unspecified atom stereocenters. The smallest absolute Gasteiger partial charge is 0.405 e. The normalized spacial score (nSPS) is 11.0. The SMILES string of the molecule is O=C(CNC(=O)c1cccs1)NCc1ccccc1OC(F)(F)F. The summed E-state index contributed by atoms with van der Waals surface area (Å²) in [4.78, 5) is 23.8. The summed E-state index contributed by atoms with van der Waals surface area (Å²) in [5, 5.41) is 6.58. The number of benzene rings is 1. The first-order valence-electron chi connectivity index (χ1n) is 6.77. The molecule has 1 aromatic heterocycles. The van der Waals surface area contributed by atoms with E-state index >= 15 is 0 Å². The summed E-state index contributed by atoms with van der Waals surface area (Å²) >= 11 is 1.23. The van der Waals surface area contributed by atoms with Gasteiger partial charge in [0.2, 0.25) is 5.91 Å². The lowest BCUT2D eigenvalue weighted by Crippen LogP contribution is -2.36. The van der Waals surface area contributed by atoms with Gasteiger partial charge in [-0.25, -0.2) is 0 Å². The Morgan fingerprint density at radius 1 is 1.08 bits per heavy atom. The number of halogens is 3. The minimum Gasteiger partial charge on any atom is -0.405 e. The van der Waals surface area contributed by atoms with E-state index in [1.54, 1.807) is 17.5 Å². The van der Waals surface area contributed by atoms with Gasteiger partial charge in [-0.05, 0) is 17.5 Å². The fraction of sp³-hybridized carbons (Fsp3) is 0.200. The van der Waals surface area contributed by atoms with E-state index < -0.39 is 12.3 Å². The molecule has 1 aromatic carbocycles. The van der Waals surface area contributed by atoms with Crippen LogP contribution in [-0.2, 0) is 11.3 Å². The van der Waals surface area contributed by atoms with Crippen LogP contribution in [0.2, 0.25) is 0 Å². The van der Waals surface area contributed by atoms with Gasteiger partial charge in [0.1, 0.15) is 5.75 Å². The van der Waals surface area contributed by atoms with Gasteiger partial charge in [0.05, 0.1) is 11.4 Å². The van der Waals surface area contributed by atoms with Crippen LogP contribution in [0.25, 0.3) is 0 Å². The first-order chi connectivity index (χ1) is 11.3. The number of rotatable bonds is 6. The van der Waals surface area contributed by atoms with Crippen molar-refractivity contribution in [3.63, 3.8) is 0 Å². The summed E-state index contributed by atoms with van der Waals surface area (Å²) in [5.74, 6) is -1.30. The number of carbonyl (C=O) groups excluding carboxylic acids is 2. The molecule has 2 amide bonds. The summed E-state index contributed by atoms with van der Waals surface area (Å²) < 4.78 is 40.8. The van der Waals surface area contributed by atoms with Gasteiger partial charge < -0.3 is 15.4 Å². The fourth-order valence-electron chi connectivity index (χ4n) is 1.79. The largest absolute Gasteiger partial charge is 0.573 e. The minimum atomic E-state index is -4.81. The number of hydrogen-bond donors (Lipinski definition) is 2. The average molecular weight is 358 g/mol. The zero-order valence-electron chi connectivity index (χ0n) is 12.2. The van der Waals surface area contributed by atoms with Crippen LogP contribution in [0.1, 0.15) is 15.2 Å². The van der Waals surface area contributed by atoms with Crippen molar-refractivity contribution in [3.8, 4) is 5.75 Å². The van der Waals surface area contributed by atoms with Gasteiger partial charge in [0.25, 0.3) is 5.91 Å². The van der Waals surface area contributed by atoms with E-state index in [4.69, 9.17) is 0 Å². The van der Waals surface area contributed by atoms with E-state index in [1.165, 1.54) is 29.5 Å². The van der Waals surface area contributed by atoms with Gasteiger partial charge >= 0.3 is 6.36 Å². The third kappa shape index (κ3) is 5.58. The fourth-order valence-corrected chi connectivity index (χ4v) is 2.43. The molecule has 0 fully saturated rings. The molecule has 2 N–H and O–H groups in total. The Morgan fingerprint density at radius 3 is 2.50 bits per heavy atom. The monoisotopic (exact) mass is 358 g/mol. The van der Waals surface area contributed by atoms with Gasteiger partial charge in [0.15, 0.2) is 0 Å². The molecule has 1 heterocycles. The van der Waals surface area contributed by atoms with Crippen LogP contribution < -0.4 is 15.4 Å². The van der Waals surface area contributed by atoms with Crippen molar-refractivity contribution in [2.24, 2.45) is 0 Å². The molecule has 0 atom stereocenters. The zero-order chi connectivity index (χ0) is 17.6. The lowest BCUT2D eigenvalue weighted by atomic mass is 10.2. The Kier molecular flexibility index (Phi) is 5.80. The minimum absolute atomic E-state index is 0.153. The lowest BCUT2D eigenvalue weighted by Gasteiger charge is -2.13. The van der Waals surface area contributed by atoms with E-state index in [0.717, 1.165) is 6.07 Å². The second kappa shape index (κ2) is 7.82. The average Bonchev–Trinajstić information content (AvgIpc) is 3.04. The Morgan fingerprint density at radius 2 is 1.83 bits per heavy atom. The molecule has 128 valence electrons. The maximum Gasteiger partial charge on any atom is 0.573 e. The summed E-state index contributed by atoms with van der Waals surface area (Å²) in [6.45, 7) is -0.432. The molecule has 0 spiro atoms. The Balaban J connectivity index is 1.85. The number of nitrogens with one attached hydrogen (secondary N) is 2.